The molecule has 0 aliphatic heterocycles. The fraction of sp³-hybridized carbons (Fsp3) is 0.475. The lowest BCUT2D eigenvalue weighted by molar-refractivity contribution is -0.143. The fourth-order valence-corrected chi connectivity index (χ4v) is 5.62. The van der Waals surface area contributed by atoms with E-state index in [4.69, 9.17) is 10.8 Å². The third-order valence-corrected chi connectivity index (χ3v) is 9.64. The quantitative estimate of drug-likeness (QED) is 0.0455. The van der Waals surface area contributed by atoms with E-state index in [9.17, 15) is 68.7 Å². The smallest absolute Gasteiger partial charge is 0.325 e. The molecule has 2 rings (SSSR count). The standard InChI is InChI=1S/C40H56N8O15/c1-5-19(2)32(41)38(60)47-29(18-49)37(59)48-33(21(4)50)39(61)46-27(15-23-8-12-25(52)13-9-23)36(58)45-26(14-22-6-10-24(51)11-7-22)34(56)42-17-30(53)44-28(16-31(54)55)35(57)43-20(3)40(62)63/h6-13,19-21,26-29,32-33,49-52H,5,14-18,41H2,1-4H3,(H,42,56)(H,43,57)(H,44,53)(H,45,58)(H,46,61)(H,47,60)(H,48,59)(H,54,55)(H,62,63)/t19-,20-,21+,26-,27-,28-,29-,32-,33-/m0/s1. The third kappa shape index (κ3) is 17.6. The topological polar surface area (TPSA) is 385 Å². The molecule has 2 aromatic rings. The average molecular weight is 889 g/mol. The fourth-order valence-electron chi connectivity index (χ4n) is 5.62. The summed E-state index contributed by atoms with van der Waals surface area (Å²) in [5, 5.41) is 74.3. The number of amides is 7. The molecule has 0 bridgehead atoms. The van der Waals surface area contributed by atoms with Gasteiger partial charge in [0, 0.05) is 12.8 Å². The summed E-state index contributed by atoms with van der Waals surface area (Å²) in [7, 11) is 0. The molecule has 15 N–H and O–H groups in total. The van der Waals surface area contributed by atoms with Crippen molar-refractivity contribution >= 4 is 53.3 Å². The van der Waals surface area contributed by atoms with Crippen molar-refractivity contribution in [1.29, 1.82) is 0 Å². The molecule has 0 saturated carbocycles. The number of aliphatic carboxylic acids is 2. The zero-order valence-electron chi connectivity index (χ0n) is 35.0. The molecule has 0 aliphatic rings. The highest BCUT2D eigenvalue weighted by Crippen LogP contribution is 2.14. The Bertz CT molecular complexity index is 1930. The van der Waals surface area contributed by atoms with Crippen LogP contribution in [0.2, 0.25) is 0 Å². The Labute approximate surface area is 361 Å². The zero-order chi connectivity index (χ0) is 47.6. The lowest BCUT2D eigenvalue weighted by atomic mass is 9.99. The minimum atomic E-state index is -1.78. The minimum Gasteiger partial charge on any atom is -0.508 e. The predicted molar refractivity (Wildman–Crippen MR) is 220 cm³/mol. The van der Waals surface area contributed by atoms with Gasteiger partial charge in [0.2, 0.25) is 41.4 Å². The molecule has 7 amide bonds. The number of phenols is 2. The second kappa shape index (κ2) is 25.2. The number of rotatable bonds is 25. The number of carbonyl (C=O) groups excluding carboxylic acids is 7. The number of carbonyl (C=O) groups is 9. The molecule has 0 spiro atoms. The first kappa shape index (κ1) is 52.3. The van der Waals surface area contributed by atoms with Crippen molar-refractivity contribution in [3.05, 3.63) is 59.7 Å². The van der Waals surface area contributed by atoms with Gasteiger partial charge in [0.25, 0.3) is 0 Å². The first-order chi connectivity index (χ1) is 29.6. The third-order valence-electron chi connectivity index (χ3n) is 9.64. The molecule has 0 unspecified atom stereocenters. The highest BCUT2D eigenvalue weighted by Gasteiger charge is 2.35. The maximum absolute atomic E-state index is 14.1. The SMILES string of the molecule is CC[C@H](C)[C@H](N)C(=O)N[C@@H](CO)C(=O)N[C@H](C(=O)N[C@@H](Cc1ccc(O)cc1)C(=O)N[C@@H](Cc1ccc(O)cc1)C(=O)NCC(=O)N[C@@H](CC(=O)O)C(=O)N[C@@H](C)C(=O)O)[C@@H](C)O. The van der Waals surface area contributed by atoms with E-state index in [0.717, 1.165) is 13.8 Å². The largest absolute Gasteiger partial charge is 0.508 e. The second-order valence-electron chi connectivity index (χ2n) is 14.7. The van der Waals surface area contributed by atoms with E-state index in [2.05, 4.69) is 31.9 Å². The predicted octanol–water partition coefficient (Wildman–Crippen LogP) is -3.77. The van der Waals surface area contributed by atoms with Crippen LogP contribution in [0.1, 0.15) is 51.7 Å². The molecule has 23 nitrogen and oxygen atoms in total. The van der Waals surface area contributed by atoms with Gasteiger partial charge in [0.15, 0.2) is 0 Å². The van der Waals surface area contributed by atoms with Crippen LogP contribution < -0.4 is 43.0 Å². The normalized spacial score (nSPS) is 15.2. The molecule has 0 saturated heterocycles. The summed E-state index contributed by atoms with van der Waals surface area (Å²) in [6, 6.07) is 0.166. The molecule has 0 aliphatic carbocycles. The number of carboxylic acid groups (broad SMARTS) is 2. The van der Waals surface area contributed by atoms with Crippen LogP contribution in [0.3, 0.4) is 0 Å². The molecule has 23 heteroatoms. The van der Waals surface area contributed by atoms with E-state index >= 15 is 0 Å². The number of nitrogens with two attached hydrogens (primary N) is 1. The number of hydrogen-bond acceptors (Lipinski definition) is 14. The Balaban J connectivity index is 2.39. The maximum atomic E-state index is 14.1. The van der Waals surface area contributed by atoms with Crippen molar-refractivity contribution in [1.82, 2.24) is 37.2 Å². The van der Waals surface area contributed by atoms with Crippen LogP contribution in [0.5, 0.6) is 11.5 Å². The summed E-state index contributed by atoms with van der Waals surface area (Å²) in [6.45, 7) is 3.96. The number of aliphatic hydroxyl groups is 2. The van der Waals surface area contributed by atoms with Crippen LogP contribution >= 0.6 is 0 Å². The van der Waals surface area contributed by atoms with Crippen molar-refractivity contribution in [2.24, 2.45) is 11.7 Å². The number of hydrogen-bond donors (Lipinski definition) is 14. The second-order valence-corrected chi connectivity index (χ2v) is 14.7. The molecular weight excluding hydrogens is 832 g/mol. The van der Waals surface area contributed by atoms with Crippen molar-refractivity contribution in [3.63, 3.8) is 0 Å². The van der Waals surface area contributed by atoms with E-state index in [1.807, 2.05) is 5.32 Å². The Morgan fingerprint density at radius 2 is 1.06 bits per heavy atom. The molecule has 0 fully saturated rings. The van der Waals surface area contributed by atoms with Crippen molar-refractivity contribution in [2.75, 3.05) is 13.2 Å². The number of benzene rings is 2. The lowest BCUT2D eigenvalue weighted by Gasteiger charge is -2.28. The Kier molecular flexibility index (Phi) is 20.9. The number of carboxylic acids is 2. The van der Waals surface area contributed by atoms with Crippen molar-refractivity contribution in [3.8, 4) is 11.5 Å². The summed E-state index contributed by atoms with van der Waals surface area (Å²) < 4.78 is 0. The van der Waals surface area contributed by atoms with Crippen LogP contribution in [0.25, 0.3) is 0 Å². The average Bonchev–Trinajstić information content (AvgIpc) is 3.23. The van der Waals surface area contributed by atoms with Gasteiger partial charge in [0.1, 0.15) is 47.8 Å². The van der Waals surface area contributed by atoms with Crippen LogP contribution in [-0.4, -0.2) is 145 Å². The van der Waals surface area contributed by atoms with Crippen LogP contribution in [-0.2, 0) is 56.0 Å². The van der Waals surface area contributed by atoms with Gasteiger partial charge >= 0.3 is 11.9 Å². The molecule has 0 aromatic heterocycles. The number of aliphatic hydroxyl groups excluding tert-OH is 2. The zero-order valence-corrected chi connectivity index (χ0v) is 35.0. The van der Waals surface area contributed by atoms with Crippen molar-refractivity contribution in [2.45, 2.75) is 102 Å². The molecule has 0 heterocycles. The van der Waals surface area contributed by atoms with Crippen LogP contribution in [0.15, 0.2) is 48.5 Å². The first-order valence-corrected chi connectivity index (χ1v) is 19.7. The number of phenolic OH excluding ortho intramolecular Hbond substituents is 2. The summed E-state index contributed by atoms with van der Waals surface area (Å²) in [5.74, 6) is -10.7. The molecule has 63 heavy (non-hydrogen) atoms. The van der Waals surface area contributed by atoms with Gasteiger partial charge < -0.3 is 73.6 Å². The summed E-state index contributed by atoms with van der Waals surface area (Å²) in [5.41, 5.74) is 6.70. The van der Waals surface area contributed by atoms with Gasteiger partial charge in [-0.15, -0.1) is 0 Å². The van der Waals surface area contributed by atoms with Gasteiger partial charge in [-0.3, -0.25) is 43.2 Å². The van der Waals surface area contributed by atoms with Gasteiger partial charge in [-0.1, -0.05) is 44.5 Å². The van der Waals surface area contributed by atoms with Gasteiger partial charge in [-0.05, 0) is 55.2 Å². The van der Waals surface area contributed by atoms with Crippen molar-refractivity contribution < 1.29 is 73.8 Å². The summed E-state index contributed by atoms with van der Waals surface area (Å²) in [4.78, 5) is 115. The molecule has 2 aromatic carbocycles. The van der Waals surface area contributed by atoms with E-state index in [0.29, 0.717) is 17.5 Å². The monoisotopic (exact) mass is 888 g/mol. The highest BCUT2D eigenvalue weighted by molar-refractivity contribution is 5.97. The minimum absolute atomic E-state index is 0.128. The first-order valence-electron chi connectivity index (χ1n) is 19.7. The Hall–Kier alpha value is -6.85. The Morgan fingerprint density at radius 1 is 0.603 bits per heavy atom. The molecule has 9 atom stereocenters. The molecular formula is C40H56N8O15. The van der Waals surface area contributed by atoms with E-state index in [-0.39, 0.29) is 30.3 Å². The summed E-state index contributed by atoms with van der Waals surface area (Å²) in [6.07, 6.45) is -2.62. The van der Waals surface area contributed by atoms with Gasteiger partial charge in [-0.2, -0.15) is 0 Å². The molecule has 346 valence electrons. The van der Waals surface area contributed by atoms with E-state index in [1.54, 1.807) is 13.8 Å². The molecule has 0 radical (unpaired) electrons. The highest BCUT2D eigenvalue weighted by atomic mass is 16.4. The lowest BCUT2D eigenvalue weighted by Crippen LogP contribution is -2.62. The maximum Gasteiger partial charge on any atom is 0.325 e. The van der Waals surface area contributed by atoms with E-state index in [1.165, 1.54) is 48.5 Å². The van der Waals surface area contributed by atoms with Crippen LogP contribution in [0.4, 0.5) is 0 Å². The van der Waals surface area contributed by atoms with Gasteiger partial charge in [-0.25, -0.2) is 0 Å². The van der Waals surface area contributed by atoms with E-state index < -0.39 is 121 Å². The van der Waals surface area contributed by atoms with Crippen LogP contribution in [0, 0.1) is 5.92 Å². The van der Waals surface area contributed by atoms with Gasteiger partial charge in [0.05, 0.1) is 31.7 Å². The Morgan fingerprint density at radius 3 is 1.52 bits per heavy atom. The number of nitrogens with one attached hydrogen (secondary N) is 7. The summed E-state index contributed by atoms with van der Waals surface area (Å²) >= 11 is 0. The number of aromatic hydroxyl groups is 2.